The summed E-state index contributed by atoms with van der Waals surface area (Å²) in [7, 11) is 1.88. The van der Waals surface area contributed by atoms with Crippen LogP contribution in [0, 0.1) is 5.82 Å². The summed E-state index contributed by atoms with van der Waals surface area (Å²) in [4.78, 5) is 0. The molecule has 0 aliphatic rings. The molecule has 2 rings (SSSR count). The predicted molar refractivity (Wildman–Crippen MR) is 77.4 cm³/mol. The van der Waals surface area contributed by atoms with Crippen molar-refractivity contribution in [3.8, 4) is 0 Å². The smallest absolute Gasteiger partial charge is 0.129 e. The van der Waals surface area contributed by atoms with E-state index in [-0.39, 0.29) is 11.9 Å². The summed E-state index contributed by atoms with van der Waals surface area (Å²) in [5.74, 6) is -0.198. The summed E-state index contributed by atoms with van der Waals surface area (Å²) in [5, 5.41) is 7.66. The predicted octanol–water partition coefficient (Wildman–Crippen LogP) is 3.22. The summed E-state index contributed by atoms with van der Waals surface area (Å²) >= 11 is 3.28. The summed E-state index contributed by atoms with van der Waals surface area (Å²) in [6, 6.07) is 7.07. The Bertz CT molecular complexity index is 553. The highest BCUT2D eigenvalue weighted by Gasteiger charge is 2.16. The minimum atomic E-state index is -0.198. The summed E-state index contributed by atoms with van der Waals surface area (Å²) < 4.78 is 16.5. The minimum Gasteiger partial charge on any atom is -0.310 e. The van der Waals surface area contributed by atoms with Crippen molar-refractivity contribution in [2.24, 2.45) is 7.05 Å². The molecule has 1 unspecified atom stereocenters. The first-order chi connectivity index (χ1) is 9.10. The van der Waals surface area contributed by atoms with Crippen molar-refractivity contribution >= 4 is 15.9 Å². The van der Waals surface area contributed by atoms with Gasteiger partial charge in [0, 0.05) is 35.7 Å². The first kappa shape index (κ1) is 14.2. The van der Waals surface area contributed by atoms with Crippen molar-refractivity contribution in [3.63, 3.8) is 0 Å². The topological polar surface area (TPSA) is 29.9 Å². The molecule has 5 heteroatoms. The molecule has 0 aliphatic carbocycles. The van der Waals surface area contributed by atoms with Gasteiger partial charge in [0.1, 0.15) is 5.82 Å². The van der Waals surface area contributed by atoms with Crippen LogP contribution in [-0.4, -0.2) is 16.3 Å². The van der Waals surface area contributed by atoms with Gasteiger partial charge in [0.25, 0.3) is 0 Å². The van der Waals surface area contributed by atoms with Crippen molar-refractivity contribution in [1.29, 1.82) is 0 Å². The first-order valence-corrected chi connectivity index (χ1v) is 7.06. The van der Waals surface area contributed by atoms with Gasteiger partial charge in [-0.25, -0.2) is 4.39 Å². The Morgan fingerprint density at radius 3 is 2.79 bits per heavy atom. The average Bonchev–Trinajstić information content (AvgIpc) is 2.74. The van der Waals surface area contributed by atoms with Gasteiger partial charge < -0.3 is 5.32 Å². The average molecular weight is 326 g/mol. The molecule has 2 aromatic rings. The van der Waals surface area contributed by atoms with Crippen LogP contribution >= 0.6 is 15.9 Å². The van der Waals surface area contributed by atoms with Crippen LogP contribution in [0.2, 0.25) is 0 Å². The molecule has 0 bridgehead atoms. The number of aryl methyl sites for hydroxylation is 1. The first-order valence-electron chi connectivity index (χ1n) is 6.27. The number of halogens is 2. The van der Waals surface area contributed by atoms with Crippen molar-refractivity contribution in [3.05, 3.63) is 52.0 Å². The number of rotatable bonds is 5. The standard InChI is InChI=1S/C14H17BrFN3/c1-3-17-14(9-11-6-7-19(2)18-11)12-5-4-10(15)8-13(12)16/h4-8,14,17H,3,9H2,1-2H3. The maximum atomic E-state index is 14.0. The van der Waals surface area contributed by atoms with Crippen LogP contribution in [0.25, 0.3) is 0 Å². The van der Waals surface area contributed by atoms with Gasteiger partial charge in [0.2, 0.25) is 0 Å². The number of benzene rings is 1. The molecule has 0 saturated heterocycles. The van der Waals surface area contributed by atoms with E-state index in [0.717, 1.165) is 16.7 Å². The lowest BCUT2D eigenvalue weighted by molar-refractivity contribution is 0.503. The number of aromatic nitrogens is 2. The number of hydrogen-bond acceptors (Lipinski definition) is 2. The Balaban J connectivity index is 2.23. The van der Waals surface area contributed by atoms with Crippen LogP contribution in [-0.2, 0) is 13.5 Å². The van der Waals surface area contributed by atoms with Gasteiger partial charge in [0.15, 0.2) is 0 Å². The van der Waals surface area contributed by atoms with Gasteiger partial charge in [0.05, 0.1) is 5.69 Å². The normalized spacial score (nSPS) is 12.6. The molecule has 3 nitrogen and oxygen atoms in total. The van der Waals surface area contributed by atoms with E-state index in [9.17, 15) is 4.39 Å². The Hall–Kier alpha value is -1.20. The van der Waals surface area contributed by atoms with E-state index in [0.29, 0.717) is 12.0 Å². The maximum absolute atomic E-state index is 14.0. The number of nitrogens with one attached hydrogen (secondary N) is 1. The maximum Gasteiger partial charge on any atom is 0.129 e. The summed E-state index contributed by atoms with van der Waals surface area (Å²) in [5.41, 5.74) is 1.63. The second kappa shape index (κ2) is 6.30. The number of likely N-dealkylation sites (N-methyl/N-ethyl adjacent to an activating group) is 1. The molecular formula is C14H17BrFN3. The fraction of sp³-hybridized carbons (Fsp3) is 0.357. The van der Waals surface area contributed by atoms with Crippen LogP contribution in [0.4, 0.5) is 4.39 Å². The SMILES string of the molecule is CCNC(Cc1ccn(C)n1)c1ccc(Br)cc1F. The zero-order chi connectivity index (χ0) is 13.8. The lowest BCUT2D eigenvalue weighted by atomic mass is 10.0. The highest BCUT2D eigenvalue weighted by molar-refractivity contribution is 9.10. The lowest BCUT2D eigenvalue weighted by Crippen LogP contribution is -2.24. The number of hydrogen-bond donors (Lipinski definition) is 1. The van der Waals surface area contributed by atoms with Crippen LogP contribution in [0.3, 0.4) is 0 Å². The van der Waals surface area contributed by atoms with Gasteiger partial charge >= 0.3 is 0 Å². The van der Waals surface area contributed by atoms with E-state index < -0.39 is 0 Å². The van der Waals surface area contributed by atoms with E-state index in [1.165, 1.54) is 6.07 Å². The van der Waals surface area contributed by atoms with Crippen LogP contribution in [0.5, 0.6) is 0 Å². The highest BCUT2D eigenvalue weighted by atomic mass is 79.9. The van der Waals surface area contributed by atoms with E-state index in [2.05, 4.69) is 26.3 Å². The molecular weight excluding hydrogens is 309 g/mol. The monoisotopic (exact) mass is 325 g/mol. The molecule has 1 aromatic heterocycles. The molecule has 0 fully saturated rings. The second-order valence-electron chi connectivity index (χ2n) is 4.46. The zero-order valence-electron chi connectivity index (χ0n) is 11.0. The van der Waals surface area contributed by atoms with Gasteiger partial charge in [-0.1, -0.05) is 28.9 Å². The van der Waals surface area contributed by atoms with Crippen LogP contribution in [0.1, 0.15) is 24.2 Å². The summed E-state index contributed by atoms with van der Waals surface area (Å²) in [6.07, 6.45) is 2.57. The lowest BCUT2D eigenvalue weighted by Gasteiger charge is -2.18. The molecule has 0 aliphatic heterocycles. The Morgan fingerprint density at radius 2 is 2.21 bits per heavy atom. The van der Waals surface area contributed by atoms with Crippen molar-refractivity contribution in [2.45, 2.75) is 19.4 Å². The molecule has 1 aromatic carbocycles. The largest absolute Gasteiger partial charge is 0.310 e. The fourth-order valence-electron chi connectivity index (χ4n) is 2.10. The Morgan fingerprint density at radius 1 is 1.42 bits per heavy atom. The molecule has 19 heavy (non-hydrogen) atoms. The van der Waals surface area contributed by atoms with Crippen LogP contribution in [0.15, 0.2) is 34.9 Å². The fourth-order valence-corrected chi connectivity index (χ4v) is 2.44. The highest BCUT2D eigenvalue weighted by Crippen LogP contribution is 2.23. The number of nitrogens with zero attached hydrogens (tertiary/aromatic N) is 2. The Labute approximate surface area is 121 Å². The molecule has 0 amide bonds. The van der Waals surface area contributed by atoms with E-state index in [1.807, 2.05) is 38.4 Å². The van der Waals surface area contributed by atoms with E-state index >= 15 is 0 Å². The van der Waals surface area contributed by atoms with Crippen molar-refractivity contribution in [2.75, 3.05) is 6.54 Å². The third-order valence-electron chi connectivity index (χ3n) is 2.97. The quantitative estimate of drug-likeness (QED) is 0.914. The Kier molecular flexibility index (Phi) is 4.71. The molecule has 0 saturated carbocycles. The zero-order valence-corrected chi connectivity index (χ0v) is 12.6. The summed E-state index contributed by atoms with van der Waals surface area (Å²) in [6.45, 7) is 2.80. The van der Waals surface area contributed by atoms with E-state index in [1.54, 1.807) is 4.68 Å². The third kappa shape index (κ3) is 3.64. The second-order valence-corrected chi connectivity index (χ2v) is 5.38. The van der Waals surface area contributed by atoms with E-state index in [4.69, 9.17) is 0 Å². The molecule has 1 heterocycles. The van der Waals surface area contributed by atoms with Gasteiger partial charge in [-0.3, -0.25) is 4.68 Å². The van der Waals surface area contributed by atoms with Crippen LogP contribution < -0.4 is 5.32 Å². The molecule has 102 valence electrons. The molecule has 0 spiro atoms. The molecule has 1 atom stereocenters. The van der Waals surface area contributed by atoms with Crippen molar-refractivity contribution in [1.82, 2.24) is 15.1 Å². The van der Waals surface area contributed by atoms with Crippen molar-refractivity contribution < 1.29 is 4.39 Å². The minimum absolute atomic E-state index is 0.0620. The van der Waals surface area contributed by atoms with Gasteiger partial charge in [-0.15, -0.1) is 0 Å². The van der Waals surface area contributed by atoms with Gasteiger partial charge in [-0.05, 0) is 24.7 Å². The molecule has 1 N–H and O–H groups in total. The van der Waals surface area contributed by atoms with Gasteiger partial charge in [-0.2, -0.15) is 5.10 Å². The molecule has 0 radical (unpaired) electrons. The third-order valence-corrected chi connectivity index (χ3v) is 3.46.